The molecule has 0 saturated heterocycles. The van der Waals surface area contributed by atoms with Crippen LogP contribution in [0.2, 0.25) is 0 Å². The SMILES string of the molecule is CC(C(=O)NCC(O)C(F)F)c1cccc([N+](=O)[O-])c1. The van der Waals surface area contributed by atoms with Gasteiger partial charge in [0.15, 0.2) is 0 Å². The van der Waals surface area contributed by atoms with E-state index in [4.69, 9.17) is 5.11 Å². The van der Waals surface area contributed by atoms with Crippen LogP contribution in [0.15, 0.2) is 24.3 Å². The molecule has 20 heavy (non-hydrogen) atoms. The number of halogens is 2. The molecule has 1 rings (SSSR count). The van der Waals surface area contributed by atoms with Crippen molar-refractivity contribution in [3.63, 3.8) is 0 Å². The van der Waals surface area contributed by atoms with E-state index in [1.54, 1.807) is 0 Å². The van der Waals surface area contributed by atoms with Gasteiger partial charge in [0, 0.05) is 18.7 Å². The Morgan fingerprint density at radius 2 is 2.15 bits per heavy atom. The van der Waals surface area contributed by atoms with Gasteiger partial charge in [-0.3, -0.25) is 14.9 Å². The van der Waals surface area contributed by atoms with E-state index >= 15 is 0 Å². The van der Waals surface area contributed by atoms with Gasteiger partial charge in [0.05, 0.1) is 10.8 Å². The molecular weight excluding hydrogens is 274 g/mol. The van der Waals surface area contributed by atoms with Gasteiger partial charge >= 0.3 is 0 Å². The van der Waals surface area contributed by atoms with Crippen molar-refractivity contribution in [3.8, 4) is 0 Å². The monoisotopic (exact) mass is 288 g/mol. The van der Waals surface area contributed by atoms with Gasteiger partial charge < -0.3 is 10.4 Å². The normalized spacial score (nSPS) is 13.8. The number of amides is 1. The summed E-state index contributed by atoms with van der Waals surface area (Å²) >= 11 is 0. The zero-order valence-corrected chi connectivity index (χ0v) is 10.6. The molecule has 0 aliphatic carbocycles. The topological polar surface area (TPSA) is 92.5 Å². The second-order valence-corrected chi connectivity index (χ2v) is 4.22. The number of hydrogen-bond acceptors (Lipinski definition) is 4. The number of carbonyl (C=O) groups is 1. The zero-order valence-electron chi connectivity index (χ0n) is 10.6. The molecule has 0 bridgehead atoms. The number of rotatable bonds is 6. The molecule has 1 amide bonds. The lowest BCUT2D eigenvalue weighted by Crippen LogP contribution is -2.37. The van der Waals surface area contributed by atoms with Crippen LogP contribution in [0.25, 0.3) is 0 Å². The largest absolute Gasteiger partial charge is 0.385 e. The van der Waals surface area contributed by atoms with E-state index < -0.39 is 35.8 Å². The highest BCUT2D eigenvalue weighted by Gasteiger charge is 2.21. The summed E-state index contributed by atoms with van der Waals surface area (Å²) in [6.07, 6.45) is -4.88. The second kappa shape index (κ2) is 6.90. The first-order valence-corrected chi connectivity index (χ1v) is 5.81. The minimum Gasteiger partial charge on any atom is -0.385 e. The molecule has 2 N–H and O–H groups in total. The molecule has 1 aromatic rings. The molecule has 0 spiro atoms. The van der Waals surface area contributed by atoms with E-state index in [1.165, 1.54) is 31.2 Å². The van der Waals surface area contributed by atoms with Gasteiger partial charge in [0.25, 0.3) is 12.1 Å². The van der Waals surface area contributed by atoms with Gasteiger partial charge in [0.1, 0.15) is 6.10 Å². The third-order valence-electron chi connectivity index (χ3n) is 2.75. The van der Waals surface area contributed by atoms with Gasteiger partial charge in [-0.05, 0) is 12.5 Å². The minimum atomic E-state index is -2.94. The summed E-state index contributed by atoms with van der Waals surface area (Å²) in [5, 5.41) is 21.7. The summed E-state index contributed by atoms with van der Waals surface area (Å²) in [7, 11) is 0. The first-order chi connectivity index (χ1) is 9.32. The van der Waals surface area contributed by atoms with Crippen molar-refractivity contribution in [2.24, 2.45) is 0 Å². The maximum atomic E-state index is 12.1. The Hall–Kier alpha value is -2.09. The van der Waals surface area contributed by atoms with Gasteiger partial charge in [-0.15, -0.1) is 0 Å². The summed E-state index contributed by atoms with van der Waals surface area (Å²) in [5.41, 5.74) is 0.234. The number of nitrogens with one attached hydrogen (secondary N) is 1. The molecule has 0 fully saturated rings. The quantitative estimate of drug-likeness (QED) is 0.612. The van der Waals surface area contributed by atoms with Crippen molar-refractivity contribution in [3.05, 3.63) is 39.9 Å². The average Bonchev–Trinajstić information content (AvgIpc) is 2.43. The molecule has 0 aliphatic heterocycles. The predicted octanol–water partition coefficient (Wildman–Crippen LogP) is 1.44. The smallest absolute Gasteiger partial charge is 0.269 e. The molecule has 6 nitrogen and oxygen atoms in total. The molecule has 8 heteroatoms. The van der Waals surface area contributed by atoms with Gasteiger partial charge in [-0.1, -0.05) is 12.1 Å². The highest BCUT2D eigenvalue weighted by atomic mass is 19.3. The van der Waals surface area contributed by atoms with Crippen molar-refractivity contribution in [2.75, 3.05) is 6.54 Å². The fourth-order valence-electron chi connectivity index (χ4n) is 1.51. The average molecular weight is 288 g/mol. The van der Waals surface area contributed by atoms with Crippen LogP contribution in [-0.4, -0.2) is 35.0 Å². The molecule has 0 radical (unpaired) electrons. The number of nitrogens with zero attached hydrogens (tertiary/aromatic N) is 1. The molecule has 0 heterocycles. The third kappa shape index (κ3) is 4.23. The second-order valence-electron chi connectivity index (χ2n) is 4.22. The first kappa shape index (κ1) is 16.0. The van der Waals surface area contributed by atoms with Crippen LogP contribution in [-0.2, 0) is 4.79 Å². The number of hydrogen-bond donors (Lipinski definition) is 2. The van der Waals surface area contributed by atoms with Gasteiger partial charge in [-0.25, -0.2) is 8.78 Å². The van der Waals surface area contributed by atoms with E-state index in [1.807, 2.05) is 0 Å². The van der Waals surface area contributed by atoms with Gasteiger partial charge in [0.2, 0.25) is 5.91 Å². The lowest BCUT2D eigenvalue weighted by Gasteiger charge is -2.15. The van der Waals surface area contributed by atoms with Crippen LogP contribution in [0.3, 0.4) is 0 Å². The van der Waals surface area contributed by atoms with Crippen molar-refractivity contribution < 1.29 is 23.6 Å². The van der Waals surface area contributed by atoms with Crippen LogP contribution in [0, 0.1) is 10.1 Å². The molecule has 1 aromatic carbocycles. The minimum absolute atomic E-state index is 0.158. The number of aliphatic hydroxyl groups excluding tert-OH is 1. The van der Waals surface area contributed by atoms with Crippen molar-refractivity contribution in [1.82, 2.24) is 5.32 Å². The number of benzene rings is 1. The Balaban J connectivity index is 2.69. The van der Waals surface area contributed by atoms with Crippen LogP contribution in [0.5, 0.6) is 0 Å². The lowest BCUT2D eigenvalue weighted by molar-refractivity contribution is -0.384. The summed E-state index contributed by atoms with van der Waals surface area (Å²) < 4.78 is 24.1. The fraction of sp³-hybridized carbons (Fsp3) is 0.417. The third-order valence-corrected chi connectivity index (χ3v) is 2.75. The van der Waals surface area contributed by atoms with E-state index in [0.717, 1.165) is 0 Å². The standard InChI is InChI=1S/C12H14F2N2O4/c1-7(12(18)15-6-10(17)11(13)14)8-3-2-4-9(5-8)16(19)20/h2-5,7,10-11,17H,6H2,1H3,(H,15,18). The van der Waals surface area contributed by atoms with Crippen molar-refractivity contribution in [1.29, 1.82) is 0 Å². The number of carbonyl (C=O) groups excluding carboxylic acids is 1. The van der Waals surface area contributed by atoms with Crippen molar-refractivity contribution >= 4 is 11.6 Å². The van der Waals surface area contributed by atoms with Gasteiger partial charge in [-0.2, -0.15) is 0 Å². The van der Waals surface area contributed by atoms with Crippen LogP contribution >= 0.6 is 0 Å². The maximum Gasteiger partial charge on any atom is 0.269 e. The van der Waals surface area contributed by atoms with E-state index in [2.05, 4.69) is 5.32 Å². The highest BCUT2D eigenvalue weighted by Crippen LogP contribution is 2.20. The molecule has 0 aromatic heterocycles. The van der Waals surface area contributed by atoms with E-state index in [9.17, 15) is 23.7 Å². The first-order valence-electron chi connectivity index (χ1n) is 5.81. The lowest BCUT2D eigenvalue weighted by atomic mass is 10.00. The molecule has 0 saturated carbocycles. The summed E-state index contributed by atoms with van der Waals surface area (Å²) in [6, 6.07) is 5.49. The molecule has 110 valence electrons. The molecular formula is C12H14F2N2O4. The predicted molar refractivity (Wildman–Crippen MR) is 66.5 cm³/mol. The van der Waals surface area contributed by atoms with Crippen molar-refractivity contribution in [2.45, 2.75) is 25.4 Å². The number of non-ortho nitro benzene ring substituents is 1. The Kier molecular flexibility index (Phi) is 5.51. The number of nitro groups is 1. The summed E-state index contributed by atoms with van der Waals surface area (Å²) in [5.74, 6) is -1.34. The Morgan fingerprint density at radius 1 is 1.50 bits per heavy atom. The summed E-state index contributed by atoms with van der Waals surface area (Å²) in [4.78, 5) is 21.8. The van der Waals surface area contributed by atoms with E-state index in [0.29, 0.717) is 5.56 Å². The Bertz CT molecular complexity index is 496. The fourth-order valence-corrected chi connectivity index (χ4v) is 1.51. The maximum absolute atomic E-state index is 12.1. The van der Waals surface area contributed by atoms with Crippen LogP contribution in [0.4, 0.5) is 14.5 Å². The van der Waals surface area contributed by atoms with Crippen LogP contribution in [0.1, 0.15) is 18.4 Å². The Labute approximate surface area is 113 Å². The van der Waals surface area contributed by atoms with E-state index in [-0.39, 0.29) is 5.69 Å². The molecule has 0 aliphatic rings. The number of nitro benzene ring substituents is 1. The number of alkyl halides is 2. The zero-order chi connectivity index (χ0) is 15.3. The molecule has 2 atom stereocenters. The van der Waals surface area contributed by atoms with Crippen LogP contribution < -0.4 is 5.32 Å². The molecule has 2 unspecified atom stereocenters. The highest BCUT2D eigenvalue weighted by molar-refractivity contribution is 5.83. The Morgan fingerprint density at radius 3 is 2.70 bits per heavy atom. The summed E-state index contributed by atoms with van der Waals surface area (Å²) in [6.45, 7) is 0.916. The number of aliphatic hydroxyl groups is 1.